The van der Waals surface area contributed by atoms with Crippen LogP contribution < -0.4 is 15.5 Å². The van der Waals surface area contributed by atoms with E-state index in [-0.39, 0.29) is 23.6 Å². The van der Waals surface area contributed by atoms with Crippen molar-refractivity contribution in [2.75, 3.05) is 25.0 Å². The highest BCUT2D eigenvalue weighted by Gasteiger charge is 2.21. The monoisotopic (exact) mass is 476 g/mol. The number of nitrogens with one attached hydrogen (secondary N) is 2. The maximum atomic E-state index is 12.9. The zero-order valence-corrected chi connectivity index (χ0v) is 19.8. The third kappa shape index (κ3) is 6.07. The zero-order valence-electron chi connectivity index (χ0n) is 19.0. The molecule has 0 unspecified atom stereocenters. The fraction of sp³-hybridized carbons (Fsp3) is 0.320. The second-order valence-electron chi connectivity index (χ2n) is 8.56. The standard InChI is InChI=1S/C25H26BClN4O3/c1-16-2-5-19(26)13-21(16)30-25(33)24-23(28-15-29-24)22(32)12-17-3-6-20(7-4-17)34-14-18-8-10-31(27)11-9-18/h2-7,13,15,18H,8-12,14H2,1H3,(H,28,29)(H,30,33). The van der Waals surface area contributed by atoms with E-state index in [1.54, 1.807) is 12.1 Å². The molecule has 1 amide bonds. The third-order valence-corrected chi connectivity index (χ3v) is 6.31. The van der Waals surface area contributed by atoms with Crippen molar-refractivity contribution in [3.8, 4) is 5.75 Å². The molecule has 7 nitrogen and oxygen atoms in total. The minimum atomic E-state index is -0.446. The summed E-state index contributed by atoms with van der Waals surface area (Å²) >= 11 is 6.00. The highest BCUT2D eigenvalue weighted by atomic mass is 35.5. The summed E-state index contributed by atoms with van der Waals surface area (Å²) in [6.07, 6.45) is 3.51. The van der Waals surface area contributed by atoms with Crippen LogP contribution >= 0.6 is 11.8 Å². The van der Waals surface area contributed by atoms with E-state index in [0.29, 0.717) is 23.7 Å². The van der Waals surface area contributed by atoms with Crippen molar-refractivity contribution in [3.63, 3.8) is 0 Å². The first-order valence-corrected chi connectivity index (χ1v) is 11.6. The molecule has 34 heavy (non-hydrogen) atoms. The summed E-state index contributed by atoms with van der Waals surface area (Å²) in [5.74, 6) is 0.564. The molecule has 4 rings (SSSR count). The minimum Gasteiger partial charge on any atom is -0.493 e. The number of ether oxygens (including phenoxy) is 1. The molecule has 1 fully saturated rings. The molecule has 1 saturated heterocycles. The third-order valence-electron chi connectivity index (χ3n) is 5.97. The number of nitrogens with zero attached hydrogens (tertiary/aromatic N) is 2. The summed E-state index contributed by atoms with van der Waals surface area (Å²) in [5.41, 5.74) is 3.02. The van der Waals surface area contributed by atoms with Gasteiger partial charge in [-0.15, -0.1) is 0 Å². The lowest BCUT2D eigenvalue weighted by Gasteiger charge is -2.26. The highest BCUT2D eigenvalue weighted by Crippen LogP contribution is 2.21. The van der Waals surface area contributed by atoms with Crippen molar-refractivity contribution in [3.05, 3.63) is 71.3 Å². The number of Topliss-reactive ketones (excluding diaryl/α,β-unsaturated/α-hetero) is 1. The molecule has 1 aliphatic rings. The van der Waals surface area contributed by atoms with Crippen molar-refractivity contribution >= 4 is 42.5 Å². The topological polar surface area (TPSA) is 87.3 Å². The number of amides is 1. The number of hydrogen-bond donors (Lipinski definition) is 2. The number of carbonyl (C=O) groups is 2. The molecule has 174 valence electrons. The van der Waals surface area contributed by atoms with Crippen molar-refractivity contribution in [1.29, 1.82) is 0 Å². The van der Waals surface area contributed by atoms with Crippen LogP contribution in [0.4, 0.5) is 5.69 Å². The number of hydrogen-bond acceptors (Lipinski definition) is 5. The van der Waals surface area contributed by atoms with Gasteiger partial charge in [0.2, 0.25) is 0 Å². The van der Waals surface area contributed by atoms with Crippen LogP contribution in [0.15, 0.2) is 48.8 Å². The number of H-pyrrole nitrogens is 1. The van der Waals surface area contributed by atoms with Crippen molar-refractivity contribution in [2.24, 2.45) is 5.92 Å². The van der Waals surface area contributed by atoms with E-state index in [0.717, 1.165) is 42.8 Å². The molecule has 2 radical (unpaired) electrons. The summed E-state index contributed by atoms with van der Waals surface area (Å²) in [6, 6.07) is 12.7. The maximum absolute atomic E-state index is 12.9. The lowest BCUT2D eigenvalue weighted by atomic mass is 9.94. The first-order valence-electron chi connectivity index (χ1n) is 11.3. The summed E-state index contributed by atoms with van der Waals surface area (Å²) in [4.78, 5) is 32.5. The van der Waals surface area contributed by atoms with Gasteiger partial charge in [0, 0.05) is 25.2 Å². The number of benzene rings is 2. The second kappa shape index (κ2) is 10.9. The Kier molecular flexibility index (Phi) is 7.70. The number of imidazole rings is 1. The van der Waals surface area contributed by atoms with E-state index in [9.17, 15) is 9.59 Å². The van der Waals surface area contributed by atoms with E-state index in [4.69, 9.17) is 24.4 Å². The Bertz CT molecular complexity index is 1160. The molecular weight excluding hydrogens is 451 g/mol. The summed E-state index contributed by atoms with van der Waals surface area (Å²) < 4.78 is 7.73. The van der Waals surface area contributed by atoms with Crippen LogP contribution in [0.5, 0.6) is 5.75 Å². The molecule has 1 aromatic heterocycles. The van der Waals surface area contributed by atoms with Gasteiger partial charge in [-0.3, -0.25) is 9.59 Å². The summed E-state index contributed by atoms with van der Waals surface area (Å²) in [5, 5.41) is 2.79. The van der Waals surface area contributed by atoms with Crippen molar-refractivity contribution in [1.82, 2.24) is 14.4 Å². The van der Waals surface area contributed by atoms with Gasteiger partial charge in [-0.25, -0.2) is 9.40 Å². The molecular formula is C25H26BClN4O3. The Hall–Kier alpha value is -3.10. The molecule has 0 saturated carbocycles. The number of rotatable bonds is 8. The van der Waals surface area contributed by atoms with Crippen LogP contribution in [0, 0.1) is 12.8 Å². The number of ketones is 1. The molecule has 0 atom stereocenters. The lowest BCUT2D eigenvalue weighted by Crippen LogP contribution is -2.29. The van der Waals surface area contributed by atoms with Crippen LogP contribution in [0.3, 0.4) is 0 Å². The molecule has 0 spiro atoms. The predicted molar refractivity (Wildman–Crippen MR) is 133 cm³/mol. The van der Waals surface area contributed by atoms with Gasteiger partial charge in [0.15, 0.2) is 5.78 Å². The van der Waals surface area contributed by atoms with E-state index < -0.39 is 5.91 Å². The Morgan fingerprint density at radius 1 is 1.21 bits per heavy atom. The molecule has 2 N–H and O–H groups in total. The smallest absolute Gasteiger partial charge is 0.274 e. The van der Waals surface area contributed by atoms with E-state index in [1.165, 1.54) is 6.33 Å². The number of aromatic nitrogens is 2. The van der Waals surface area contributed by atoms with E-state index >= 15 is 0 Å². The molecule has 2 heterocycles. The quantitative estimate of drug-likeness (QED) is 0.295. The van der Waals surface area contributed by atoms with Gasteiger partial charge < -0.3 is 15.0 Å². The fourth-order valence-corrected chi connectivity index (χ4v) is 4.09. The van der Waals surface area contributed by atoms with Gasteiger partial charge in [0.1, 0.15) is 25.0 Å². The van der Waals surface area contributed by atoms with Gasteiger partial charge in [0.05, 0.1) is 12.9 Å². The SMILES string of the molecule is [B]c1ccc(C)c(NC(=O)c2[nH]cnc2C(=O)Cc2ccc(OCC3CCN(Cl)CC3)cc2)c1. The van der Waals surface area contributed by atoms with Gasteiger partial charge in [-0.05, 0) is 66.8 Å². The molecule has 1 aliphatic heterocycles. The number of anilines is 1. The van der Waals surface area contributed by atoms with Crippen molar-refractivity contribution in [2.45, 2.75) is 26.2 Å². The molecule has 3 aromatic rings. The average molecular weight is 477 g/mol. The number of piperidine rings is 1. The first-order chi connectivity index (χ1) is 16.4. The van der Waals surface area contributed by atoms with E-state index in [1.807, 2.05) is 41.7 Å². The molecule has 9 heteroatoms. The Morgan fingerprint density at radius 3 is 2.68 bits per heavy atom. The summed E-state index contributed by atoms with van der Waals surface area (Å²) in [7, 11) is 5.82. The van der Waals surface area contributed by atoms with Gasteiger partial charge in [-0.1, -0.05) is 29.7 Å². The fourth-order valence-electron chi connectivity index (χ4n) is 3.89. The average Bonchev–Trinajstić information content (AvgIpc) is 3.32. The Balaban J connectivity index is 1.35. The number of halogens is 1. The number of aromatic amines is 1. The summed E-state index contributed by atoms with van der Waals surface area (Å²) in [6.45, 7) is 4.27. The van der Waals surface area contributed by atoms with Gasteiger partial charge >= 0.3 is 0 Å². The van der Waals surface area contributed by atoms with Crippen LogP contribution in [-0.4, -0.2) is 53.6 Å². The van der Waals surface area contributed by atoms with Crippen LogP contribution in [0.1, 0.15) is 44.9 Å². The molecule has 0 aliphatic carbocycles. The van der Waals surface area contributed by atoms with Gasteiger partial charge in [0.25, 0.3) is 5.91 Å². The number of aryl methyl sites for hydroxylation is 1. The largest absolute Gasteiger partial charge is 0.493 e. The lowest BCUT2D eigenvalue weighted by molar-refractivity contribution is 0.0967. The highest BCUT2D eigenvalue weighted by molar-refractivity contribution is 6.32. The Morgan fingerprint density at radius 2 is 1.94 bits per heavy atom. The van der Waals surface area contributed by atoms with Crippen LogP contribution in [0.25, 0.3) is 0 Å². The second-order valence-corrected chi connectivity index (χ2v) is 9.04. The van der Waals surface area contributed by atoms with Crippen molar-refractivity contribution < 1.29 is 14.3 Å². The molecule has 2 aromatic carbocycles. The zero-order chi connectivity index (χ0) is 24.1. The Labute approximate surface area is 205 Å². The van der Waals surface area contributed by atoms with E-state index in [2.05, 4.69) is 15.3 Å². The minimum absolute atomic E-state index is 0.102. The van der Waals surface area contributed by atoms with Gasteiger partial charge in [-0.2, -0.15) is 0 Å². The molecule has 0 bridgehead atoms. The van der Waals surface area contributed by atoms with Crippen LogP contribution in [-0.2, 0) is 6.42 Å². The maximum Gasteiger partial charge on any atom is 0.274 e. The first kappa shape index (κ1) is 24.0. The normalized spacial score (nSPS) is 14.6. The van der Waals surface area contributed by atoms with Crippen LogP contribution in [0.2, 0.25) is 0 Å². The number of carbonyl (C=O) groups excluding carboxylic acids is 2. The predicted octanol–water partition coefficient (Wildman–Crippen LogP) is 3.43.